The maximum absolute atomic E-state index is 11.8. The van der Waals surface area contributed by atoms with Crippen LogP contribution in [0.1, 0.15) is 34.1 Å². The Hall–Kier alpha value is -2.24. The van der Waals surface area contributed by atoms with Crippen LogP contribution in [0.5, 0.6) is 11.5 Å². The quantitative estimate of drug-likeness (QED) is 0.668. The lowest BCUT2D eigenvalue weighted by molar-refractivity contribution is -0.134. The molecule has 1 rings (SSSR count). The largest absolute Gasteiger partial charge is 0.497 e. The Morgan fingerprint density at radius 1 is 1.14 bits per heavy atom. The summed E-state index contributed by atoms with van der Waals surface area (Å²) in [5, 5.41) is 2.59. The first kappa shape index (κ1) is 17.8. The minimum Gasteiger partial charge on any atom is -0.497 e. The van der Waals surface area contributed by atoms with E-state index in [-0.39, 0.29) is 12.5 Å². The highest BCUT2D eigenvalue weighted by atomic mass is 16.6. The molecule has 6 nitrogen and oxygen atoms in total. The monoisotopic (exact) mass is 309 g/mol. The van der Waals surface area contributed by atoms with Gasteiger partial charge in [-0.25, -0.2) is 4.79 Å². The number of methoxy groups -OCH3 is 1. The smallest absolute Gasteiger partial charge is 0.407 e. The van der Waals surface area contributed by atoms with E-state index in [4.69, 9.17) is 14.2 Å². The van der Waals surface area contributed by atoms with Gasteiger partial charge in [-0.15, -0.1) is 0 Å². The summed E-state index contributed by atoms with van der Waals surface area (Å²) in [5.74, 6) is 0.670. The summed E-state index contributed by atoms with van der Waals surface area (Å²) in [6.07, 6.45) is -0.511. The second kappa shape index (κ2) is 7.68. The van der Waals surface area contributed by atoms with Gasteiger partial charge < -0.3 is 19.5 Å². The van der Waals surface area contributed by atoms with E-state index >= 15 is 0 Å². The average Bonchev–Trinajstić information content (AvgIpc) is 2.36. The molecule has 1 aromatic rings. The van der Waals surface area contributed by atoms with Gasteiger partial charge in [-0.3, -0.25) is 4.79 Å². The number of nitrogens with one attached hydrogen (secondary N) is 1. The fraction of sp³-hybridized carbons (Fsp3) is 0.500. The molecule has 0 spiro atoms. The molecule has 1 aromatic carbocycles. The fourth-order valence-electron chi connectivity index (χ4n) is 1.63. The van der Waals surface area contributed by atoms with Crippen LogP contribution in [0.3, 0.4) is 0 Å². The lowest BCUT2D eigenvalue weighted by Gasteiger charge is -2.21. The molecular formula is C16H23NO5. The van der Waals surface area contributed by atoms with E-state index < -0.39 is 17.7 Å². The maximum Gasteiger partial charge on any atom is 0.407 e. The summed E-state index contributed by atoms with van der Waals surface area (Å²) in [4.78, 5) is 23.4. The lowest BCUT2D eigenvalue weighted by atomic mass is 10.2. The van der Waals surface area contributed by atoms with Crippen LogP contribution in [0.2, 0.25) is 0 Å². The lowest BCUT2D eigenvalue weighted by Crippen LogP contribution is -2.39. The van der Waals surface area contributed by atoms with Gasteiger partial charge >= 0.3 is 12.1 Å². The van der Waals surface area contributed by atoms with Crippen molar-refractivity contribution in [3.05, 3.63) is 24.3 Å². The standard InChI is InChI=1S/C16H23NO5/c1-11(17-15(19)22-16(2,3)4)10-14(18)21-13-8-6-12(20-5)7-9-13/h6-9,11H,10H2,1-5H3,(H,17,19)/t11-/m0/s1. The highest BCUT2D eigenvalue weighted by Crippen LogP contribution is 2.17. The molecule has 0 radical (unpaired) electrons. The van der Waals surface area contributed by atoms with Crippen molar-refractivity contribution in [1.82, 2.24) is 5.32 Å². The van der Waals surface area contributed by atoms with Gasteiger partial charge in [-0.2, -0.15) is 0 Å². The van der Waals surface area contributed by atoms with Crippen molar-refractivity contribution in [2.24, 2.45) is 0 Å². The topological polar surface area (TPSA) is 73.9 Å². The molecule has 1 atom stereocenters. The second-order valence-corrected chi connectivity index (χ2v) is 5.90. The van der Waals surface area contributed by atoms with Crippen LogP contribution < -0.4 is 14.8 Å². The van der Waals surface area contributed by atoms with Crippen LogP contribution in [0.4, 0.5) is 4.79 Å². The number of alkyl carbamates (subject to hydrolysis) is 1. The number of esters is 1. The van der Waals surface area contributed by atoms with Crippen molar-refractivity contribution in [3.63, 3.8) is 0 Å². The van der Waals surface area contributed by atoms with Crippen LogP contribution in [0.25, 0.3) is 0 Å². The highest BCUT2D eigenvalue weighted by molar-refractivity contribution is 5.74. The van der Waals surface area contributed by atoms with Gasteiger partial charge in [0.15, 0.2) is 0 Å². The summed E-state index contributed by atoms with van der Waals surface area (Å²) < 4.78 is 15.3. The van der Waals surface area contributed by atoms with E-state index in [9.17, 15) is 9.59 Å². The van der Waals surface area contributed by atoms with E-state index in [1.54, 1.807) is 59.1 Å². The summed E-state index contributed by atoms with van der Waals surface area (Å²) in [5.41, 5.74) is -0.576. The Kier molecular flexibility index (Phi) is 6.22. The van der Waals surface area contributed by atoms with E-state index in [1.807, 2.05) is 0 Å². The third-order valence-corrected chi connectivity index (χ3v) is 2.53. The predicted molar refractivity (Wildman–Crippen MR) is 82.1 cm³/mol. The predicted octanol–water partition coefficient (Wildman–Crippen LogP) is 2.90. The molecule has 0 bridgehead atoms. The Balaban J connectivity index is 2.41. The van der Waals surface area contributed by atoms with Crippen LogP contribution in [-0.2, 0) is 9.53 Å². The number of carbonyl (C=O) groups is 2. The number of hydrogen-bond donors (Lipinski definition) is 1. The Morgan fingerprint density at radius 2 is 1.68 bits per heavy atom. The van der Waals surface area contributed by atoms with Crippen molar-refractivity contribution in [2.45, 2.75) is 45.8 Å². The fourth-order valence-corrected chi connectivity index (χ4v) is 1.63. The van der Waals surface area contributed by atoms with Crippen LogP contribution in [0, 0.1) is 0 Å². The van der Waals surface area contributed by atoms with Crippen molar-refractivity contribution in [2.75, 3.05) is 7.11 Å². The molecule has 22 heavy (non-hydrogen) atoms. The number of benzene rings is 1. The van der Waals surface area contributed by atoms with Gasteiger partial charge in [-0.1, -0.05) is 0 Å². The molecule has 6 heteroatoms. The van der Waals surface area contributed by atoms with E-state index in [0.29, 0.717) is 11.5 Å². The average molecular weight is 309 g/mol. The minimum atomic E-state index is -0.576. The van der Waals surface area contributed by atoms with E-state index in [0.717, 1.165) is 0 Å². The van der Waals surface area contributed by atoms with Gasteiger partial charge in [0.05, 0.1) is 13.5 Å². The number of amides is 1. The summed E-state index contributed by atoms with van der Waals surface area (Å²) in [7, 11) is 1.56. The third kappa shape index (κ3) is 6.97. The van der Waals surface area contributed by atoms with Gasteiger partial charge in [0.1, 0.15) is 17.1 Å². The molecule has 0 fully saturated rings. The summed E-state index contributed by atoms with van der Waals surface area (Å²) in [6, 6.07) is 6.29. The van der Waals surface area contributed by atoms with Crippen molar-refractivity contribution in [3.8, 4) is 11.5 Å². The molecule has 0 heterocycles. The summed E-state index contributed by atoms with van der Waals surface area (Å²) in [6.45, 7) is 7.03. The van der Waals surface area contributed by atoms with Crippen molar-refractivity contribution in [1.29, 1.82) is 0 Å². The second-order valence-electron chi connectivity index (χ2n) is 5.90. The molecule has 0 aromatic heterocycles. The van der Waals surface area contributed by atoms with Gasteiger partial charge in [0, 0.05) is 6.04 Å². The molecule has 0 aliphatic rings. The third-order valence-electron chi connectivity index (χ3n) is 2.53. The van der Waals surface area contributed by atoms with E-state index in [2.05, 4.69) is 5.32 Å². The number of hydrogen-bond acceptors (Lipinski definition) is 5. The van der Waals surface area contributed by atoms with Crippen molar-refractivity contribution >= 4 is 12.1 Å². The van der Waals surface area contributed by atoms with Gasteiger partial charge in [-0.05, 0) is 52.0 Å². The molecule has 0 unspecified atom stereocenters. The highest BCUT2D eigenvalue weighted by Gasteiger charge is 2.19. The normalized spacial score (nSPS) is 12.2. The number of ether oxygens (including phenoxy) is 3. The van der Waals surface area contributed by atoms with Gasteiger partial charge in [0.25, 0.3) is 0 Å². The Bertz CT molecular complexity index is 504. The minimum absolute atomic E-state index is 0.0469. The molecule has 0 saturated carbocycles. The van der Waals surface area contributed by atoms with Crippen LogP contribution >= 0.6 is 0 Å². The number of rotatable bonds is 5. The van der Waals surface area contributed by atoms with Crippen molar-refractivity contribution < 1.29 is 23.8 Å². The maximum atomic E-state index is 11.8. The molecule has 0 aliphatic heterocycles. The molecule has 122 valence electrons. The van der Waals surface area contributed by atoms with Crippen LogP contribution in [0.15, 0.2) is 24.3 Å². The SMILES string of the molecule is COc1ccc(OC(=O)C[C@H](C)NC(=O)OC(C)(C)C)cc1. The molecular weight excluding hydrogens is 286 g/mol. The first-order valence-corrected chi connectivity index (χ1v) is 7.04. The van der Waals surface area contributed by atoms with Gasteiger partial charge in [0.2, 0.25) is 0 Å². The molecule has 0 aliphatic carbocycles. The Morgan fingerprint density at radius 3 is 2.18 bits per heavy atom. The zero-order valence-electron chi connectivity index (χ0n) is 13.6. The first-order chi connectivity index (χ1) is 10.2. The zero-order valence-corrected chi connectivity index (χ0v) is 13.6. The Labute approximate surface area is 130 Å². The van der Waals surface area contributed by atoms with Crippen LogP contribution in [-0.4, -0.2) is 30.8 Å². The number of carbonyl (C=O) groups excluding carboxylic acids is 2. The molecule has 0 saturated heterocycles. The zero-order chi connectivity index (χ0) is 16.8. The molecule has 1 amide bonds. The summed E-state index contributed by atoms with van der Waals surface area (Å²) >= 11 is 0. The molecule has 1 N–H and O–H groups in total. The van der Waals surface area contributed by atoms with E-state index in [1.165, 1.54) is 0 Å². The first-order valence-electron chi connectivity index (χ1n) is 7.04.